The van der Waals surface area contributed by atoms with Gasteiger partial charge in [0, 0.05) is 0 Å². The minimum Gasteiger partial charge on any atom is -0.345 e. The Morgan fingerprint density at radius 1 is 1.14 bits per heavy atom. The molecular formula is C17H21N3O. The largest absolute Gasteiger partial charge is 0.345 e. The summed E-state index contributed by atoms with van der Waals surface area (Å²) in [6, 6.07) is 13.5. The van der Waals surface area contributed by atoms with Crippen LogP contribution in [0, 0.1) is 13.8 Å². The number of hydrogen-bond acceptors (Lipinski definition) is 3. The molecule has 110 valence electrons. The number of anilines is 1. The van der Waals surface area contributed by atoms with Gasteiger partial charge in [-0.3, -0.25) is 10.6 Å². The van der Waals surface area contributed by atoms with Gasteiger partial charge in [0.15, 0.2) is 0 Å². The predicted molar refractivity (Wildman–Crippen MR) is 86.0 cm³/mol. The molecule has 0 aliphatic carbocycles. The number of rotatable bonds is 4. The maximum Gasteiger partial charge on any atom is 0.253 e. The summed E-state index contributed by atoms with van der Waals surface area (Å²) in [6.07, 6.45) is 0. The zero-order chi connectivity index (χ0) is 15.4. The van der Waals surface area contributed by atoms with E-state index in [-0.39, 0.29) is 11.9 Å². The lowest BCUT2D eigenvalue weighted by atomic mass is 10.0. The SMILES string of the molecule is Cc1ccc(NN)c(C(=O)NC(C)c2ccccc2C)c1. The Bertz CT molecular complexity index is 652. The second-order valence-electron chi connectivity index (χ2n) is 5.25. The molecule has 1 amide bonds. The second kappa shape index (κ2) is 6.41. The first-order valence-electron chi connectivity index (χ1n) is 6.96. The normalized spacial score (nSPS) is 11.8. The van der Waals surface area contributed by atoms with Crippen LogP contribution in [0.5, 0.6) is 0 Å². The van der Waals surface area contributed by atoms with Gasteiger partial charge in [0.1, 0.15) is 0 Å². The highest BCUT2D eigenvalue weighted by atomic mass is 16.1. The maximum absolute atomic E-state index is 12.5. The van der Waals surface area contributed by atoms with E-state index in [1.807, 2.05) is 63.2 Å². The predicted octanol–water partition coefficient (Wildman–Crippen LogP) is 3.08. The van der Waals surface area contributed by atoms with E-state index in [4.69, 9.17) is 5.84 Å². The van der Waals surface area contributed by atoms with Gasteiger partial charge < -0.3 is 10.7 Å². The van der Waals surface area contributed by atoms with E-state index in [0.29, 0.717) is 11.3 Å². The first-order chi connectivity index (χ1) is 10.0. The number of benzene rings is 2. The van der Waals surface area contributed by atoms with Crippen molar-refractivity contribution >= 4 is 11.6 Å². The summed E-state index contributed by atoms with van der Waals surface area (Å²) in [5.74, 6) is 5.34. The first kappa shape index (κ1) is 15.1. The number of nitrogens with one attached hydrogen (secondary N) is 2. The van der Waals surface area contributed by atoms with E-state index in [9.17, 15) is 4.79 Å². The van der Waals surface area contributed by atoms with Crippen molar-refractivity contribution in [3.8, 4) is 0 Å². The van der Waals surface area contributed by atoms with Gasteiger partial charge in [-0.15, -0.1) is 0 Å². The monoisotopic (exact) mass is 283 g/mol. The molecule has 0 aliphatic heterocycles. The van der Waals surface area contributed by atoms with Crippen molar-refractivity contribution in [3.05, 3.63) is 64.7 Å². The van der Waals surface area contributed by atoms with Crippen LogP contribution >= 0.6 is 0 Å². The number of hydrazine groups is 1. The summed E-state index contributed by atoms with van der Waals surface area (Å²) in [7, 11) is 0. The summed E-state index contributed by atoms with van der Waals surface area (Å²) in [4.78, 5) is 12.5. The molecule has 4 heteroatoms. The lowest BCUT2D eigenvalue weighted by Gasteiger charge is -2.18. The molecule has 0 heterocycles. The first-order valence-corrected chi connectivity index (χ1v) is 6.96. The molecule has 2 aromatic carbocycles. The summed E-state index contributed by atoms with van der Waals surface area (Å²) < 4.78 is 0. The summed E-state index contributed by atoms with van der Waals surface area (Å²) in [6.45, 7) is 5.96. The van der Waals surface area contributed by atoms with Gasteiger partial charge >= 0.3 is 0 Å². The van der Waals surface area contributed by atoms with Crippen LogP contribution in [0.2, 0.25) is 0 Å². The molecule has 0 saturated heterocycles. The smallest absolute Gasteiger partial charge is 0.253 e. The molecule has 0 spiro atoms. The van der Waals surface area contributed by atoms with Crippen LogP contribution in [0.4, 0.5) is 5.69 Å². The van der Waals surface area contributed by atoms with Crippen LogP contribution in [0.25, 0.3) is 0 Å². The highest BCUT2D eigenvalue weighted by Crippen LogP contribution is 2.20. The number of aryl methyl sites for hydroxylation is 2. The summed E-state index contributed by atoms with van der Waals surface area (Å²) in [5, 5.41) is 3.02. The molecule has 1 unspecified atom stereocenters. The lowest BCUT2D eigenvalue weighted by Crippen LogP contribution is -2.28. The second-order valence-corrected chi connectivity index (χ2v) is 5.25. The standard InChI is InChI=1S/C17H21N3O/c1-11-8-9-16(20-18)15(10-11)17(21)19-13(3)14-7-5-4-6-12(14)2/h4-10,13,20H,18H2,1-3H3,(H,19,21). The third-order valence-electron chi connectivity index (χ3n) is 3.58. The molecule has 0 aliphatic rings. The minimum absolute atomic E-state index is 0.0650. The zero-order valence-corrected chi connectivity index (χ0v) is 12.6. The third kappa shape index (κ3) is 3.41. The van der Waals surface area contributed by atoms with Gasteiger partial charge in [0.2, 0.25) is 0 Å². The number of amides is 1. The molecule has 0 radical (unpaired) electrons. The van der Waals surface area contributed by atoms with Crippen LogP contribution < -0.4 is 16.6 Å². The molecule has 2 aromatic rings. The lowest BCUT2D eigenvalue weighted by molar-refractivity contribution is 0.0940. The van der Waals surface area contributed by atoms with Gasteiger partial charge in [0.25, 0.3) is 5.91 Å². The molecule has 21 heavy (non-hydrogen) atoms. The zero-order valence-electron chi connectivity index (χ0n) is 12.6. The molecule has 0 bridgehead atoms. The molecule has 0 fully saturated rings. The number of nitrogens with two attached hydrogens (primary N) is 1. The third-order valence-corrected chi connectivity index (χ3v) is 3.58. The van der Waals surface area contributed by atoms with Crippen molar-refractivity contribution in [3.63, 3.8) is 0 Å². The van der Waals surface area contributed by atoms with Crippen molar-refractivity contribution in [2.45, 2.75) is 26.8 Å². The maximum atomic E-state index is 12.5. The number of hydrogen-bond donors (Lipinski definition) is 3. The van der Waals surface area contributed by atoms with Gasteiger partial charge in [-0.25, -0.2) is 0 Å². The highest BCUT2D eigenvalue weighted by molar-refractivity contribution is 6.00. The van der Waals surface area contributed by atoms with Crippen molar-refractivity contribution in [2.75, 3.05) is 5.43 Å². The van der Waals surface area contributed by atoms with Crippen LogP contribution in [0.1, 0.15) is 40.0 Å². The minimum atomic E-state index is -0.137. The fourth-order valence-electron chi connectivity index (χ4n) is 2.40. The Hall–Kier alpha value is -2.33. The Morgan fingerprint density at radius 3 is 2.52 bits per heavy atom. The topological polar surface area (TPSA) is 67.1 Å². The molecule has 1 atom stereocenters. The highest BCUT2D eigenvalue weighted by Gasteiger charge is 2.15. The van der Waals surface area contributed by atoms with Crippen molar-refractivity contribution in [2.24, 2.45) is 5.84 Å². The molecule has 0 aromatic heterocycles. The average Bonchev–Trinajstić information content (AvgIpc) is 2.47. The van der Waals surface area contributed by atoms with E-state index in [1.165, 1.54) is 0 Å². The molecule has 4 nitrogen and oxygen atoms in total. The number of carbonyl (C=O) groups is 1. The summed E-state index contributed by atoms with van der Waals surface area (Å²) in [5.41, 5.74) is 7.03. The van der Waals surface area contributed by atoms with Crippen molar-refractivity contribution in [1.29, 1.82) is 0 Å². The molecule has 2 rings (SSSR count). The Kier molecular flexibility index (Phi) is 4.60. The van der Waals surface area contributed by atoms with E-state index in [0.717, 1.165) is 16.7 Å². The summed E-state index contributed by atoms with van der Waals surface area (Å²) >= 11 is 0. The Morgan fingerprint density at radius 2 is 1.86 bits per heavy atom. The van der Waals surface area contributed by atoms with Crippen molar-refractivity contribution < 1.29 is 4.79 Å². The van der Waals surface area contributed by atoms with Gasteiger partial charge in [-0.2, -0.15) is 0 Å². The fourth-order valence-corrected chi connectivity index (χ4v) is 2.40. The van der Waals surface area contributed by atoms with Crippen LogP contribution in [0.3, 0.4) is 0 Å². The Labute approximate surface area is 125 Å². The van der Waals surface area contributed by atoms with E-state index >= 15 is 0 Å². The van der Waals surface area contributed by atoms with E-state index < -0.39 is 0 Å². The molecular weight excluding hydrogens is 262 g/mol. The van der Waals surface area contributed by atoms with E-state index in [1.54, 1.807) is 0 Å². The molecule has 4 N–H and O–H groups in total. The average molecular weight is 283 g/mol. The van der Waals surface area contributed by atoms with E-state index in [2.05, 4.69) is 10.7 Å². The quantitative estimate of drug-likeness (QED) is 0.596. The van der Waals surface area contributed by atoms with Crippen LogP contribution in [0.15, 0.2) is 42.5 Å². The van der Waals surface area contributed by atoms with Crippen LogP contribution in [-0.4, -0.2) is 5.91 Å². The van der Waals surface area contributed by atoms with Crippen molar-refractivity contribution in [1.82, 2.24) is 5.32 Å². The van der Waals surface area contributed by atoms with Gasteiger partial charge in [0.05, 0.1) is 17.3 Å². The van der Waals surface area contributed by atoms with Gasteiger partial charge in [-0.1, -0.05) is 35.9 Å². The van der Waals surface area contributed by atoms with Gasteiger partial charge in [-0.05, 0) is 44.0 Å². The number of carbonyl (C=O) groups excluding carboxylic acids is 1. The fraction of sp³-hybridized carbons (Fsp3) is 0.235. The number of nitrogen functional groups attached to an aromatic ring is 1. The van der Waals surface area contributed by atoms with Crippen LogP contribution in [-0.2, 0) is 0 Å². The molecule has 0 saturated carbocycles. The Balaban J connectivity index is 2.22.